The highest BCUT2D eigenvalue weighted by molar-refractivity contribution is 14.1. The van der Waals surface area contributed by atoms with E-state index in [0.29, 0.717) is 63.2 Å². The summed E-state index contributed by atoms with van der Waals surface area (Å²) >= 11 is 1.08. The van der Waals surface area contributed by atoms with Crippen LogP contribution in [0, 0.1) is 10.1 Å². The highest BCUT2D eigenvalue weighted by Gasteiger charge is 2.38. The van der Waals surface area contributed by atoms with Gasteiger partial charge in [-0.15, -0.1) is 0 Å². The van der Waals surface area contributed by atoms with Gasteiger partial charge in [0.15, 0.2) is 0 Å². The minimum Gasteiger partial charge on any atom is -0.489 e. The number of nitro benzene ring substituents is 1. The zero-order valence-corrected chi connectivity index (χ0v) is 26.6. The lowest BCUT2D eigenvalue weighted by Gasteiger charge is -2.36. The number of ether oxygens (including phenoxy) is 1. The van der Waals surface area contributed by atoms with Crippen molar-refractivity contribution in [1.82, 2.24) is 9.88 Å². The molecule has 1 aromatic heterocycles. The Balaban J connectivity index is 1.09. The Labute approximate surface area is 275 Å². The molecule has 1 amide bonds. The van der Waals surface area contributed by atoms with Gasteiger partial charge in [-0.3, -0.25) is 19.9 Å². The van der Waals surface area contributed by atoms with Crippen LogP contribution in [0.5, 0.6) is 5.75 Å². The van der Waals surface area contributed by atoms with Crippen LogP contribution in [0.4, 0.5) is 39.0 Å². The molecule has 1 N–H and O–H groups in total. The number of carbonyl (C=O) groups is 1. The Kier molecular flexibility index (Phi) is 10.2. The Morgan fingerprint density at radius 3 is 2.26 bits per heavy atom. The SMILES string of the molecule is O=C(Cc1ccc(C(F)(F)I)cc1)N1CCN(c2cncc(O[C@H]3CC[C@H](Nc4ccc([N+](=O)[O-])c(C(F)(F)F)c4)CC3)c2)CC1. The van der Waals surface area contributed by atoms with Gasteiger partial charge in [-0.2, -0.15) is 22.0 Å². The van der Waals surface area contributed by atoms with Gasteiger partial charge in [0.1, 0.15) is 11.3 Å². The van der Waals surface area contributed by atoms with Crippen LogP contribution in [0.1, 0.15) is 42.4 Å². The fraction of sp³-hybridized carbons (Fsp3) is 0.419. The number of nitrogens with zero attached hydrogens (tertiary/aromatic N) is 4. The molecule has 0 atom stereocenters. The van der Waals surface area contributed by atoms with E-state index in [9.17, 15) is 36.9 Å². The third kappa shape index (κ3) is 8.53. The summed E-state index contributed by atoms with van der Waals surface area (Å²) in [6.45, 7) is 2.19. The minimum atomic E-state index is -4.84. The summed E-state index contributed by atoms with van der Waals surface area (Å²) in [6.07, 6.45) is 1.14. The Hall–Kier alpha value is -3.76. The van der Waals surface area contributed by atoms with Crippen molar-refractivity contribution in [3.8, 4) is 5.75 Å². The average molecular weight is 760 g/mol. The van der Waals surface area contributed by atoms with Gasteiger partial charge in [-0.1, -0.05) is 24.3 Å². The molecule has 9 nitrogen and oxygen atoms in total. The summed E-state index contributed by atoms with van der Waals surface area (Å²) in [5.74, 6) is 0.529. The lowest BCUT2D eigenvalue weighted by atomic mass is 9.92. The smallest absolute Gasteiger partial charge is 0.423 e. The molecule has 2 fully saturated rings. The summed E-state index contributed by atoms with van der Waals surface area (Å²) in [6, 6.07) is 10.5. The minimum absolute atomic E-state index is 0.0664. The number of alkyl halides is 6. The third-order valence-electron chi connectivity index (χ3n) is 8.18. The number of benzene rings is 2. The summed E-state index contributed by atoms with van der Waals surface area (Å²) in [4.78, 5) is 31.0. The molecule has 5 rings (SSSR count). The quantitative estimate of drug-likeness (QED) is 0.0811. The number of rotatable bonds is 9. The maximum absolute atomic E-state index is 13.5. The number of pyridine rings is 1. The van der Waals surface area contributed by atoms with Crippen molar-refractivity contribution in [3.63, 3.8) is 0 Å². The number of anilines is 2. The molecule has 1 aliphatic heterocycles. The van der Waals surface area contributed by atoms with E-state index in [1.807, 2.05) is 6.07 Å². The highest BCUT2D eigenvalue weighted by Crippen LogP contribution is 2.38. The van der Waals surface area contributed by atoms with Gasteiger partial charge in [0.25, 0.3) is 5.69 Å². The van der Waals surface area contributed by atoms with E-state index < -0.39 is 26.3 Å². The third-order valence-corrected chi connectivity index (χ3v) is 8.80. The van der Waals surface area contributed by atoms with E-state index in [1.165, 1.54) is 18.2 Å². The predicted molar refractivity (Wildman–Crippen MR) is 169 cm³/mol. The van der Waals surface area contributed by atoms with Crippen LogP contribution in [0.3, 0.4) is 0 Å². The lowest BCUT2D eigenvalue weighted by molar-refractivity contribution is -0.388. The van der Waals surface area contributed by atoms with Gasteiger partial charge in [0.05, 0.1) is 35.5 Å². The molecular formula is C31H31F5IN5O4. The van der Waals surface area contributed by atoms with Crippen molar-refractivity contribution in [1.29, 1.82) is 0 Å². The normalized spacial score (nSPS) is 19.1. The summed E-state index contributed by atoms with van der Waals surface area (Å²) in [5, 5.41) is 14.1. The predicted octanol–water partition coefficient (Wildman–Crippen LogP) is 7.19. The average Bonchev–Trinajstić information content (AvgIpc) is 3.01. The molecular weight excluding hydrogens is 728 g/mol. The molecule has 1 saturated heterocycles. The van der Waals surface area contributed by atoms with Crippen molar-refractivity contribution in [3.05, 3.63) is 87.7 Å². The second-order valence-electron chi connectivity index (χ2n) is 11.3. The molecule has 0 spiro atoms. The Morgan fingerprint density at radius 2 is 1.65 bits per heavy atom. The Morgan fingerprint density at radius 1 is 0.978 bits per heavy atom. The van der Waals surface area contributed by atoms with E-state index in [-0.39, 0.29) is 35.7 Å². The first-order valence-corrected chi connectivity index (χ1v) is 15.8. The molecule has 2 heterocycles. The van der Waals surface area contributed by atoms with Crippen LogP contribution < -0.4 is 15.0 Å². The van der Waals surface area contributed by atoms with Crippen LogP contribution in [-0.2, 0) is 21.3 Å². The van der Waals surface area contributed by atoms with E-state index in [0.717, 1.165) is 40.4 Å². The molecule has 46 heavy (non-hydrogen) atoms. The van der Waals surface area contributed by atoms with Crippen molar-refractivity contribution >= 4 is 45.6 Å². The number of aromatic nitrogens is 1. The molecule has 2 aliphatic rings. The van der Waals surface area contributed by atoms with Gasteiger partial charge in [-0.25, -0.2) is 0 Å². The van der Waals surface area contributed by atoms with Gasteiger partial charge < -0.3 is 19.9 Å². The molecule has 1 saturated carbocycles. The van der Waals surface area contributed by atoms with Crippen molar-refractivity contribution in [2.24, 2.45) is 0 Å². The van der Waals surface area contributed by atoms with Gasteiger partial charge >= 0.3 is 10.1 Å². The zero-order chi connectivity index (χ0) is 33.1. The molecule has 0 bridgehead atoms. The number of amides is 1. The van der Waals surface area contributed by atoms with Crippen LogP contribution >= 0.6 is 22.6 Å². The molecule has 246 valence electrons. The molecule has 2 aromatic carbocycles. The number of carbonyl (C=O) groups excluding carboxylic acids is 1. The van der Waals surface area contributed by atoms with E-state index in [2.05, 4.69) is 15.2 Å². The largest absolute Gasteiger partial charge is 0.489 e. The lowest BCUT2D eigenvalue weighted by Crippen LogP contribution is -2.49. The second kappa shape index (κ2) is 13.9. The van der Waals surface area contributed by atoms with Gasteiger partial charge in [0, 0.05) is 78.2 Å². The van der Waals surface area contributed by atoms with Gasteiger partial charge in [0.2, 0.25) is 5.91 Å². The first-order chi connectivity index (χ1) is 21.8. The molecule has 15 heteroatoms. The van der Waals surface area contributed by atoms with Crippen molar-refractivity contribution < 1.29 is 36.4 Å². The number of hydrogen-bond acceptors (Lipinski definition) is 7. The maximum atomic E-state index is 13.5. The first-order valence-electron chi connectivity index (χ1n) is 14.7. The second-order valence-corrected chi connectivity index (χ2v) is 12.7. The molecule has 0 radical (unpaired) electrons. The maximum Gasteiger partial charge on any atom is 0.423 e. The number of piperazine rings is 1. The van der Waals surface area contributed by atoms with Crippen LogP contribution in [0.15, 0.2) is 60.9 Å². The van der Waals surface area contributed by atoms with Crippen LogP contribution in [0.25, 0.3) is 0 Å². The van der Waals surface area contributed by atoms with Crippen LogP contribution in [-0.4, -0.2) is 59.0 Å². The molecule has 0 unspecified atom stereocenters. The van der Waals surface area contributed by atoms with Crippen molar-refractivity contribution in [2.45, 2.75) is 54.4 Å². The summed E-state index contributed by atoms with van der Waals surface area (Å²) in [7, 11) is 0. The highest BCUT2D eigenvalue weighted by atomic mass is 127. The van der Waals surface area contributed by atoms with Crippen molar-refractivity contribution in [2.75, 3.05) is 36.4 Å². The van der Waals surface area contributed by atoms with E-state index in [4.69, 9.17) is 4.74 Å². The first kappa shape index (κ1) is 33.6. The molecule has 1 aliphatic carbocycles. The summed E-state index contributed by atoms with van der Waals surface area (Å²) in [5.41, 5.74) is -0.652. The number of hydrogen-bond donors (Lipinski definition) is 1. The van der Waals surface area contributed by atoms with E-state index in [1.54, 1.807) is 29.4 Å². The van der Waals surface area contributed by atoms with Crippen LogP contribution in [0.2, 0.25) is 0 Å². The monoisotopic (exact) mass is 759 g/mol. The standard InChI is InChI=1S/C31H31F5IN5O4/c32-30(33,34)27-16-23(7-10-28(27)42(44)45)39-22-5-8-25(9-6-22)46-26-17-24(18-38-19-26)40-11-13-41(14-12-40)29(43)15-20-1-3-21(4-2-20)31(35,36)37/h1-4,7,10,16-19,22,25,39H,5-6,8-9,11-15H2/t22-,25-. The number of nitro groups is 1. The fourth-order valence-electron chi connectivity index (χ4n) is 5.72. The molecule has 3 aromatic rings. The zero-order valence-electron chi connectivity index (χ0n) is 24.5. The fourth-order valence-corrected chi connectivity index (χ4v) is 6.08. The summed E-state index contributed by atoms with van der Waals surface area (Å²) < 4.78 is 70.2. The van der Waals surface area contributed by atoms with Gasteiger partial charge in [-0.05, 0) is 43.4 Å². The Bertz CT molecular complexity index is 1540. The topological polar surface area (TPSA) is 101 Å². The number of halogens is 6. The van der Waals surface area contributed by atoms with E-state index >= 15 is 0 Å². The number of nitrogens with one attached hydrogen (secondary N) is 1.